The van der Waals surface area contributed by atoms with Crippen molar-refractivity contribution in [1.82, 2.24) is 5.32 Å². The van der Waals surface area contributed by atoms with Crippen molar-refractivity contribution < 1.29 is 14.0 Å². The first-order valence-corrected chi connectivity index (χ1v) is 6.29. The van der Waals surface area contributed by atoms with Crippen molar-refractivity contribution >= 4 is 23.3 Å². The topological polar surface area (TPSA) is 70.2 Å². The lowest BCUT2D eigenvalue weighted by Crippen LogP contribution is -2.35. The molecule has 0 aliphatic rings. The van der Waals surface area contributed by atoms with Crippen LogP contribution in [0.5, 0.6) is 0 Å². The van der Waals surface area contributed by atoms with Crippen molar-refractivity contribution in [3.8, 4) is 0 Å². The second kappa shape index (κ2) is 7.04. The molecule has 0 saturated heterocycles. The first-order chi connectivity index (χ1) is 10.1. The van der Waals surface area contributed by atoms with Crippen LogP contribution in [-0.4, -0.2) is 18.5 Å². The number of nitrogens with one attached hydrogen (secondary N) is 3. The highest BCUT2D eigenvalue weighted by atomic mass is 19.1. The summed E-state index contributed by atoms with van der Waals surface area (Å²) in [5, 5.41) is 7.33. The molecule has 0 atom stereocenters. The summed E-state index contributed by atoms with van der Waals surface area (Å²) in [4.78, 5) is 23.2. The van der Waals surface area contributed by atoms with Gasteiger partial charge >= 0.3 is 6.03 Å². The predicted molar refractivity (Wildman–Crippen MR) is 78.5 cm³/mol. The Morgan fingerprint density at radius 2 is 1.57 bits per heavy atom. The molecule has 6 heteroatoms. The Morgan fingerprint density at radius 1 is 0.905 bits per heavy atom. The Labute approximate surface area is 121 Å². The quantitative estimate of drug-likeness (QED) is 0.809. The van der Waals surface area contributed by atoms with Gasteiger partial charge in [-0.15, -0.1) is 0 Å². The summed E-state index contributed by atoms with van der Waals surface area (Å²) in [5.41, 5.74) is 0.692. The van der Waals surface area contributed by atoms with Crippen LogP contribution in [-0.2, 0) is 4.79 Å². The maximum atomic E-state index is 13.3. The number of benzene rings is 2. The summed E-state index contributed by atoms with van der Waals surface area (Å²) in [5.74, 6) is -1.04. The van der Waals surface area contributed by atoms with Gasteiger partial charge in [0.05, 0.1) is 12.2 Å². The van der Waals surface area contributed by atoms with Crippen molar-refractivity contribution in [3.05, 3.63) is 60.4 Å². The van der Waals surface area contributed by atoms with Gasteiger partial charge in [-0.1, -0.05) is 30.3 Å². The molecule has 21 heavy (non-hydrogen) atoms. The van der Waals surface area contributed by atoms with Gasteiger partial charge in [0, 0.05) is 5.69 Å². The van der Waals surface area contributed by atoms with Crippen LogP contribution in [0, 0.1) is 5.82 Å². The number of halogens is 1. The Balaban J connectivity index is 1.79. The third-order valence-electron chi connectivity index (χ3n) is 2.59. The molecule has 2 aromatic carbocycles. The molecule has 0 fully saturated rings. The maximum Gasteiger partial charge on any atom is 0.319 e. The van der Waals surface area contributed by atoms with E-state index in [-0.39, 0.29) is 12.2 Å². The van der Waals surface area contributed by atoms with Gasteiger partial charge in [0.15, 0.2) is 0 Å². The number of carbonyl (C=O) groups excluding carboxylic acids is 2. The van der Waals surface area contributed by atoms with E-state index in [1.807, 2.05) is 6.07 Å². The maximum absolute atomic E-state index is 13.3. The molecule has 0 radical (unpaired) electrons. The van der Waals surface area contributed by atoms with E-state index in [2.05, 4.69) is 16.0 Å². The summed E-state index contributed by atoms with van der Waals surface area (Å²) in [6, 6.07) is 14.1. The van der Waals surface area contributed by atoms with Crippen LogP contribution in [0.15, 0.2) is 54.6 Å². The highest BCUT2D eigenvalue weighted by molar-refractivity contribution is 5.96. The molecular formula is C15H14FN3O2. The lowest BCUT2D eigenvalue weighted by molar-refractivity contribution is -0.115. The molecule has 3 amide bonds. The molecule has 0 unspecified atom stereocenters. The summed E-state index contributed by atoms with van der Waals surface area (Å²) in [6.45, 7) is -0.257. The molecule has 0 aliphatic heterocycles. The third-order valence-corrected chi connectivity index (χ3v) is 2.59. The largest absolute Gasteiger partial charge is 0.329 e. The summed E-state index contributed by atoms with van der Waals surface area (Å²) < 4.78 is 13.3. The van der Waals surface area contributed by atoms with Crippen molar-refractivity contribution in [2.45, 2.75) is 0 Å². The Morgan fingerprint density at radius 3 is 2.29 bits per heavy atom. The molecule has 0 aromatic heterocycles. The van der Waals surface area contributed by atoms with Gasteiger partial charge in [-0.25, -0.2) is 9.18 Å². The molecule has 0 aliphatic carbocycles. The van der Waals surface area contributed by atoms with Crippen molar-refractivity contribution in [1.29, 1.82) is 0 Å². The summed E-state index contributed by atoms with van der Waals surface area (Å²) in [7, 11) is 0. The van der Waals surface area contributed by atoms with Crippen molar-refractivity contribution in [2.75, 3.05) is 17.2 Å². The summed E-state index contributed by atoms with van der Waals surface area (Å²) in [6.07, 6.45) is 0. The number of carbonyl (C=O) groups is 2. The monoisotopic (exact) mass is 287 g/mol. The van der Waals surface area contributed by atoms with Crippen LogP contribution in [0.2, 0.25) is 0 Å². The number of hydrogen-bond donors (Lipinski definition) is 3. The minimum Gasteiger partial charge on any atom is -0.329 e. The second-order valence-corrected chi connectivity index (χ2v) is 4.20. The van der Waals surface area contributed by atoms with Gasteiger partial charge in [-0.3, -0.25) is 4.79 Å². The SMILES string of the molecule is O=C(CNC(=O)Nc1ccccc1)Nc1ccccc1F. The Bertz CT molecular complexity index is 632. The lowest BCUT2D eigenvalue weighted by atomic mass is 10.3. The van der Waals surface area contributed by atoms with Gasteiger partial charge < -0.3 is 16.0 Å². The molecule has 0 spiro atoms. The molecular weight excluding hydrogens is 273 g/mol. The minimum absolute atomic E-state index is 0.0766. The van der Waals surface area contributed by atoms with E-state index in [0.29, 0.717) is 5.69 Å². The fourth-order valence-corrected chi connectivity index (χ4v) is 1.61. The van der Waals surface area contributed by atoms with E-state index in [4.69, 9.17) is 0 Å². The molecule has 0 bridgehead atoms. The molecule has 2 aromatic rings. The van der Waals surface area contributed by atoms with E-state index >= 15 is 0 Å². The minimum atomic E-state index is -0.528. The van der Waals surface area contributed by atoms with E-state index < -0.39 is 17.8 Å². The highest BCUT2D eigenvalue weighted by Crippen LogP contribution is 2.11. The Hall–Kier alpha value is -2.89. The average molecular weight is 287 g/mol. The zero-order chi connectivity index (χ0) is 15.1. The number of urea groups is 1. The third kappa shape index (κ3) is 4.61. The van der Waals surface area contributed by atoms with E-state index in [0.717, 1.165) is 0 Å². The number of rotatable bonds is 4. The van der Waals surface area contributed by atoms with Crippen molar-refractivity contribution in [3.63, 3.8) is 0 Å². The van der Waals surface area contributed by atoms with Crippen LogP contribution in [0.3, 0.4) is 0 Å². The van der Waals surface area contributed by atoms with Gasteiger partial charge in [0.1, 0.15) is 5.82 Å². The van der Waals surface area contributed by atoms with E-state index in [1.165, 1.54) is 18.2 Å². The standard InChI is InChI=1S/C15H14FN3O2/c16-12-8-4-5-9-13(12)19-14(20)10-17-15(21)18-11-6-2-1-3-7-11/h1-9H,10H2,(H,19,20)(H2,17,18,21). The summed E-state index contributed by atoms with van der Waals surface area (Å²) >= 11 is 0. The first-order valence-electron chi connectivity index (χ1n) is 6.29. The first kappa shape index (κ1) is 14.5. The molecule has 0 saturated carbocycles. The second-order valence-electron chi connectivity index (χ2n) is 4.20. The smallest absolute Gasteiger partial charge is 0.319 e. The van der Waals surface area contributed by atoms with Gasteiger partial charge in [-0.05, 0) is 24.3 Å². The Kier molecular flexibility index (Phi) is 4.87. The van der Waals surface area contributed by atoms with Gasteiger partial charge in [-0.2, -0.15) is 0 Å². The number of amides is 3. The molecule has 2 rings (SSSR count). The molecule has 5 nitrogen and oxygen atoms in total. The van der Waals surface area contributed by atoms with Crippen LogP contribution >= 0.6 is 0 Å². The molecule has 3 N–H and O–H groups in total. The van der Waals surface area contributed by atoms with Crippen LogP contribution in [0.4, 0.5) is 20.6 Å². The number of hydrogen-bond acceptors (Lipinski definition) is 2. The zero-order valence-corrected chi connectivity index (χ0v) is 11.1. The predicted octanol–water partition coefficient (Wildman–Crippen LogP) is 2.59. The van der Waals surface area contributed by atoms with Gasteiger partial charge in [0.25, 0.3) is 0 Å². The normalized spacial score (nSPS) is 9.76. The van der Waals surface area contributed by atoms with Gasteiger partial charge in [0.2, 0.25) is 5.91 Å². The zero-order valence-electron chi connectivity index (χ0n) is 11.1. The van der Waals surface area contributed by atoms with Crippen LogP contribution < -0.4 is 16.0 Å². The fraction of sp³-hybridized carbons (Fsp3) is 0.0667. The molecule has 0 heterocycles. The highest BCUT2D eigenvalue weighted by Gasteiger charge is 2.08. The fourth-order valence-electron chi connectivity index (χ4n) is 1.61. The molecule has 108 valence electrons. The number of para-hydroxylation sites is 2. The average Bonchev–Trinajstić information content (AvgIpc) is 2.49. The van der Waals surface area contributed by atoms with Crippen molar-refractivity contribution in [2.24, 2.45) is 0 Å². The number of anilines is 2. The van der Waals surface area contributed by atoms with Crippen LogP contribution in [0.25, 0.3) is 0 Å². The lowest BCUT2D eigenvalue weighted by Gasteiger charge is -2.08. The van der Waals surface area contributed by atoms with Crippen LogP contribution in [0.1, 0.15) is 0 Å². The van der Waals surface area contributed by atoms with E-state index in [1.54, 1.807) is 30.3 Å². The van der Waals surface area contributed by atoms with E-state index in [9.17, 15) is 14.0 Å².